The van der Waals surface area contributed by atoms with Crippen molar-refractivity contribution in [1.29, 1.82) is 0 Å². The van der Waals surface area contributed by atoms with Crippen LogP contribution in [0.1, 0.15) is 16.8 Å². The Hall–Kier alpha value is -1.41. The molecule has 0 aliphatic carbocycles. The van der Waals surface area contributed by atoms with Crippen LogP contribution in [0.25, 0.3) is 0 Å². The Balaban J connectivity index is 2.87. The molecule has 0 saturated heterocycles. The second-order valence-corrected chi connectivity index (χ2v) is 5.52. The molecule has 1 rings (SSSR count). The summed E-state index contributed by atoms with van der Waals surface area (Å²) in [6, 6.07) is 3.57. The molecule has 2 amide bonds. The summed E-state index contributed by atoms with van der Waals surface area (Å²) in [6.45, 7) is 0. The fourth-order valence-corrected chi connectivity index (χ4v) is 2.62. The van der Waals surface area contributed by atoms with E-state index in [1.165, 1.54) is 0 Å². The van der Waals surface area contributed by atoms with E-state index in [1.807, 2.05) is 0 Å². The van der Waals surface area contributed by atoms with E-state index >= 15 is 0 Å². The number of aliphatic carboxylic acids is 1. The van der Waals surface area contributed by atoms with Gasteiger partial charge in [0.05, 0.1) is 6.42 Å². The molecule has 102 valence electrons. The first-order valence-corrected chi connectivity index (χ1v) is 6.66. The molecular weight excluding hydrogens is 384 g/mol. The molecule has 4 N–H and O–H groups in total. The predicted octanol–water partition coefficient (Wildman–Crippen LogP) is 1.27. The number of carboxylic acid groups (broad SMARTS) is 1. The van der Waals surface area contributed by atoms with Gasteiger partial charge in [-0.25, -0.2) is 0 Å². The summed E-state index contributed by atoms with van der Waals surface area (Å²) in [5, 5.41) is 10.9. The highest BCUT2D eigenvalue weighted by atomic mass is 79.9. The van der Waals surface area contributed by atoms with E-state index < -0.39 is 30.2 Å². The van der Waals surface area contributed by atoms with Crippen LogP contribution in [0, 0.1) is 0 Å². The van der Waals surface area contributed by atoms with Gasteiger partial charge >= 0.3 is 5.97 Å². The summed E-state index contributed by atoms with van der Waals surface area (Å²) in [4.78, 5) is 33.5. The van der Waals surface area contributed by atoms with Gasteiger partial charge in [0.15, 0.2) is 0 Å². The van der Waals surface area contributed by atoms with Crippen LogP contribution in [0.5, 0.6) is 0 Å². The maximum atomic E-state index is 11.9. The van der Waals surface area contributed by atoms with Crippen LogP contribution in [0.15, 0.2) is 27.1 Å². The molecule has 19 heavy (non-hydrogen) atoms. The summed E-state index contributed by atoms with van der Waals surface area (Å²) in [5.41, 5.74) is 5.31. The average molecular weight is 394 g/mol. The third-order valence-electron chi connectivity index (χ3n) is 2.15. The van der Waals surface area contributed by atoms with Crippen molar-refractivity contribution in [3.8, 4) is 0 Å². The summed E-state index contributed by atoms with van der Waals surface area (Å²) in [7, 11) is 0. The van der Waals surface area contributed by atoms with Crippen LogP contribution in [-0.2, 0) is 9.59 Å². The number of nitrogens with two attached hydrogens (primary N) is 1. The summed E-state index contributed by atoms with van der Waals surface area (Å²) < 4.78 is 1.33. The molecule has 1 aromatic carbocycles. The second kappa shape index (κ2) is 6.67. The monoisotopic (exact) mass is 392 g/mol. The van der Waals surface area contributed by atoms with Crippen molar-refractivity contribution in [3.05, 3.63) is 32.7 Å². The first-order chi connectivity index (χ1) is 8.79. The Kier molecular flexibility index (Phi) is 5.49. The van der Waals surface area contributed by atoms with Gasteiger partial charge in [-0.2, -0.15) is 0 Å². The zero-order valence-corrected chi connectivity index (χ0v) is 12.7. The van der Waals surface area contributed by atoms with E-state index in [0.29, 0.717) is 8.95 Å². The lowest BCUT2D eigenvalue weighted by Crippen LogP contribution is -2.45. The van der Waals surface area contributed by atoms with Crippen molar-refractivity contribution >= 4 is 49.6 Å². The minimum Gasteiger partial charge on any atom is -0.481 e. The van der Waals surface area contributed by atoms with E-state index in [0.717, 1.165) is 0 Å². The highest BCUT2D eigenvalue weighted by molar-refractivity contribution is 9.11. The number of carbonyl (C=O) groups excluding carboxylic acids is 2. The topological polar surface area (TPSA) is 109 Å². The highest BCUT2D eigenvalue weighted by Gasteiger charge is 2.22. The minimum absolute atomic E-state index is 0.276. The molecule has 0 radical (unpaired) electrons. The van der Waals surface area contributed by atoms with Crippen LogP contribution in [0.3, 0.4) is 0 Å². The molecule has 0 spiro atoms. The standard InChI is InChI=1S/C11H10Br2N2O4/c12-6-1-5(2-7(13)3-6)11(19)15-8(10(14)18)4-9(16)17/h1-3,8H,4H2,(H2,14,18)(H,15,19)(H,16,17)/t8-/m1/s1. The summed E-state index contributed by atoms with van der Waals surface area (Å²) in [6.07, 6.45) is -0.559. The molecule has 1 aromatic rings. The largest absolute Gasteiger partial charge is 0.481 e. The number of halogens is 2. The second-order valence-electron chi connectivity index (χ2n) is 3.68. The van der Waals surface area contributed by atoms with Crippen molar-refractivity contribution in [1.82, 2.24) is 5.32 Å². The van der Waals surface area contributed by atoms with Gasteiger partial charge in [-0.3, -0.25) is 14.4 Å². The quantitative estimate of drug-likeness (QED) is 0.699. The third-order valence-corrected chi connectivity index (χ3v) is 3.07. The van der Waals surface area contributed by atoms with Gasteiger partial charge in [-0.15, -0.1) is 0 Å². The molecule has 0 aliphatic heterocycles. The lowest BCUT2D eigenvalue weighted by atomic mass is 10.1. The van der Waals surface area contributed by atoms with Gasteiger partial charge in [0.25, 0.3) is 5.91 Å². The molecule has 0 aliphatic rings. The fraction of sp³-hybridized carbons (Fsp3) is 0.182. The molecule has 0 saturated carbocycles. The number of hydrogen-bond acceptors (Lipinski definition) is 3. The number of nitrogens with one attached hydrogen (secondary N) is 1. The molecule has 8 heteroatoms. The van der Waals surface area contributed by atoms with Crippen LogP contribution >= 0.6 is 31.9 Å². The SMILES string of the molecule is NC(=O)[C@@H](CC(=O)O)NC(=O)c1cc(Br)cc(Br)c1. The normalized spacial score (nSPS) is 11.7. The van der Waals surface area contributed by atoms with Gasteiger partial charge < -0.3 is 16.2 Å². The molecule has 0 fully saturated rings. The molecule has 0 unspecified atom stereocenters. The lowest BCUT2D eigenvalue weighted by Gasteiger charge is -2.13. The summed E-state index contributed by atoms with van der Waals surface area (Å²) >= 11 is 6.44. The van der Waals surface area contributed by atoms with Gasteiger partial charge in [0.2, 0.25) is 5.91 Å². The third kappa shape index (κ3) is 4.99. The Bertz CT molecular complexity index is 513. The van der Waals surface area contributed by atoms with Crippen LogP contribution in [0.4, 0.5) is 0 Å². The molecule has 1 atom stereocenters. The predicted molar refractivity (Wildman–Crippen MR) is 74.5 cm³/mol. The van der Waals surface area contributed by atoms with Crippen molar-refractivity contribution in [3.63, 3.8) is 0 Å². The number of carbonyl (C=O) groups is 3. The smallest absolute Gasteiger partial charge is 0.305 e. The van der Waals surface area contributed by atoms with Crippen LogP contribution in [-0.4, -0.2) is 28.9 Å². The maximum absolute atomic E-state index is 11.9. The summed E-state index contributed by atoms with van der Waals surface area (Å²) in [5.74, 6) is -2.70. The zero-order valence-electron chi connectivity index (χ0n) is 9.52. The Morgan fingerprint density at radius 1 is 1.21 bits per heavy atom. The van der Waals surface area contributed by atoms with E-state index in [4.69, 9.17) is 10.8 Å². The Morgan fingerprint density at radius 3 is 2.16 bits per heavy atom. The van der Waals surface area contributed by atoms with E-state index in [9.17, 15) is 14.4 Å². The first-order valence-electron chi connectivity index (χ1n) is 5.07. The Morgan fingerprint density at radius 2 is 1.74 bits per heavy atom. The zero-order chi connectivity index (χ0) is 14.6. The van der Waals surface area contributed by atoms with Gasteiger partial charge in [-0.1, -0.05) is 31.9 Å². The van der Waals surface area contributed by atoms with Crippen molar-refractivity contribution in [2.24, 2.45) is 5.73 Å². The first kappa shape index (κ1) is 15.6. The van der Waals surface area contributed by atoms with Gasteiger partial charge in [-0.05, 0) is 18.2 Å². The fourth-order valence-electron chi connectivity index (χ4n) is 1.32. The van der Waals surface area contributed by atoms with Crippen LogP contribution < -0.4 is 11.1 Å². The minimum atomic E-state index is -1.25. The number of rotatable bonds is 5. The molecule has 6 nitrogen and oxygen atoms in total. The molecule has 0 heterocycles. The van der Waals surface area contributed by atoms with Gasteiger partial charge in [0, 0.05) is 14.5 Å². The highest BCUT2D eigenvalue weighted by Crippen LogP contribution is 2.20. The number of benzene rings is 1. The molecular formula is C11H10Br2N2O4. The van der Waals surface area contributed by atoms with Crippen LogP contribution in [0.2, 0.25) is 0 Å². The maximum Gasteiger partial charge on any atom is 0.305 e. The Labute approximate surface area is 125 Å². The van der Waals surface area contributed by atoms with Gasteiger partial charge in [0.1, 0.15) is 6.04 Å². The lowest BCUT2D eigenvalue weighted by molar-refractivity contribution is -0.139. The van der Waals surface area contributed by atoms with E-state index in [2.05, 4.69) is 37.2 Å². The molecule has 0 bridgehead atoms. The average Bonchev–Trinajstić information content (AvgIpc) is 2.25. The van der Waals surface area contributed by atoms with Crippen molar-refractivity contribution < 1.29 is 19.5 Å². The van der Waals surface area contributed by atoms with Crippen molar-refractivity contribution in [2.75, 3.05) is 0 Å². The number of amides is 2. The molecule has 0 aromatic heterocycles. The van der Waals surface area contributed by atoms with Crippen molar-refractivity contribution in [2.45, 2.75) is 12.5 Å². The van der Waals surface area contributed by atoms with E-state index in [-0.39, 0.29) is 5.56 Å². The number of primary amides is 1. The number of hydrogen-bond donors (Lipinski definition) is 3. The number of carboxylic acids is 1. The van der Waals surface area contributed by atoms with E-state index in [1.54, 1.807) is 18.2 Å².